The Bertz CT molecular complexity index is 1700. The van der Waals surface area contributed by atoms with Crippen LogP contribution in [0.1, 0.15) is 21.5 Å². The van der Waals surface area contributed by atoms with Crippen LogP contribution in [-0.2, 0) is 6.18 Å². The van der Waals surface area contributed by atoms with Gasteiger partial charge in [-0.15, -0.1) is 0 Å². The van der Waals surface area contributed by atoms with Crippen molar-refractivity contribution in [2.45, 2.75) is 13.1 Å². The molecule has 0 saturated carbocycles. The van der Waals surface area contributed by atoms with Gasteiger partial charge in [-0.3, -0.25) is 24.9 Å². The number of aromatic amines is 1. The zero-order chi connectivity index (χ0) is 27.7. The smallest absolute Gasteiger partial charge is 0.322 e. The highest BCUT2D eigenvalue weighted by Gasteiger charge is 2.31. The number of carbonyl (C=O) groups excluding carboxylic acids is 1. The van der Waals surface area contributed by atoms with E-state index in [9.17, 15) is 28.1 Å². The van der Waals surface area contributed by atoms with Gasteiger partial charge < -0.3 is 5.32 Å². The monoisotopic (exact) mass is 533 g/mol. The van der Waals surface area contributed by atoms with E-state index < -0.39 is 22.6 Å². The minimum Gasteiger partial charge on any atom is -0.322 e. The fraction of sp³-hybridized carbons (Fsp3) is 0.0769. The standard InChI is InChI=1S/C26H18F3N7O3/c1-15-5-6-18(33-25(37)16-3-2-4-17(11-16)26(27,28)29)12-22(15)35(19-7-9-20(10-8-19)36(38)39)24-21-13-32-34-23(21)30-14-31-24/h2-14H,1H3,(H,33,37)(H,30,31,32,34). The first-order valence-corrected chi connectivity index (χ1v) is 11.4. The average molecular weight is 533 g/mol. The molecule has 0 bridgehead atoms. The topological polar surface area (TPSA) is 130 Å². The Balaban J connectivity index is 1.58. The fourth-order valence-corrected chi connectivity index (χ4v) is 4.00. The number of alkyl halides is 3. The second-order valence-corrected chi connectivity index (χ2v) is 8.47. The van der Waals surface area contributed by atoms with E-state index in [1.807, 2.05) is 6.92 Å². The normalized spacial score (nSPS) is 11.4. The molecule has 0 aliphatic heterocycles. The molecule has 196 valence electrons. The molecule has 0 atom stereocenters. The van der Waals surface area contributed by atoms with Crippen LogP contribution in [0.5, 0.6) is 0 Å². The number of nitro benzene ring substituents is 1. The quantitative estimate of drug-likeness (QED) is 0.193. The lowest BCUT2D eigenvalue weighted by Gasteiger charge is -2.26. The number of non-ortho nitro benzene ring substituents is 1. The molecule has 1 amide bonds. The molecule has 0 fully saturated rings. The maximum atomic E-state index is 13.1. The molecular formula is C26H18F3N7O3. The minimum absolute atomic E-state index is 0.103. The third-order valence-corrected chi connectivity index (χ3v) is 5.92. The lowest BCUT2D eigenvalue weighted by molar-refractivity contribution is -0.384. The van der Waals surface area contributed by atoms with Crippen molar-refractivity contribution in [1.29, 1.82) is 0 Å². The number of nitrogens with zero attached hydrogens (tertiary/aromatic N) is 5. The Hall–Kier alpha value is -5.33. The van der Waals surface area contributed by atoms with Gasteiger partial charge in [0.05, 0.1) is 27.8 Å². The van der Waals surface area contributed by atoms with E-state index in [0.29, 0.717) is 33.9 Å². The lowest BCUT2D eigenvalue weighted by atomic mass is 10.1. The average Bonchev–Trinajstić information content (AvgIpc) is 3.40. The summed E-state index contributed by atoms with van der Waals surface area (Å²) in [6.45, 7) is 1.82. The molecule has 13 heteroatoms. The van der Waals surface area contributed by atoms with Gasteiger partial charge in [0, 0.05) is 29.1 Å². The highest BCUT2D eigenvalue weighted by molar-refractivity contribution is 6.05. The summed E-state index contributed by atoms with van der Waals surface area (Å²) in [5, 5.41) is 21.2. The number of aromatic nitrogens is 4. The van der Waals surface area contributed by atoms with Crippen molar-refractivity contribution in [3.8, 4) is 0 Å². The summed E-state index contributed by atoms with van der Waals surface area (Å²) in [5.41, 5.74) is 1.39. The summed E-state index contributed by atoms with van der Waals surface area (Å²) in [4.78, 5) is 33.9. The number of nitrogens with one attached hydrogen (secondary N) is 2. The molecule has 3 aromatic carbocycles. The molecule has 10 nitrogen and oxygen atoms in total. The number of fused-ring (bicyclic) bond motifs is 1. The number of benzene rings is 3. The summed E-state index contributed by atoms with van der Waals surface area (Å²) in [7, 11) is 0. The van der Waals surface area contributed by atoms with Gasteiger partial charge in [-0.2, -0.15) is 18.3 Å². The Morgan fingerprint density at radius 1 is 1.05 bits per heavy atom. The van der Waals surface area contributed by atoms with Crippen molar-refractivity contribution >= 4 is 45.5 Å². The Labute approximate surface area is 218 Å². The number of aryl methyl sites for hydroxylation is 1. The molecule has 2 aromatic heterocycles. The Morgan fingerprint density at radius 2 is 1.82 bits per heavy atom. The van der Waals surface area contributed by atoms with E-state index in [-0.39, 0.29) is 11.3 Å². The van der Waals surface area contributed by atoms with Gasteiger partial charge in [0.25, 0.3) is 11.6 Å². The van der Waals surface area contributed by atoms with Gasteiger partial charge in [-0.25, -0.2) is 9.97 Å². The highest BCUT2D eigenvalue weighted by atomic mass is 19.4. The molecule has 0 unspecified atom stereocenters. The van der Waals surface area contributed by atoms with Gasteiger partial charge >= 0.3 is 6.18 Å². The van der Waals surface area contributed by atoms with E-state index >= 15 is 0 Å². The fourth-order valence-electron chi connectivity index (χ4n) is 4.00. The maximum Gasteiger partial charge on any atom is 0.416 e. The van der Waals surface area contributed by atoms with Crippen molar-refractivity contribution in [3.63, 3.8) is 0 Å². The number of nitro groups is 1. The summed E-state index contributed by atoms with van der Waals surface area (Å²) in [5.74, 6) is -0.316. The number of halogens is 3. The Morgan fingerprint density at radius 3 is 2.54 bits per heavy atom. The molecule has 0 radical (unpaired) electrons. The van der Waals surface area contributed by atoms with Crippen LogP contribution in [0.2, 0.25) is 0 Å². The molecule has 0 aliphatic carbocycles. The van der Waals surface area contributed by atoms with Gasteiger partial charge in [-0.05, 0) is 55.0 Å². The van der Waals surface area contributed by atoms with E-state index in [2.05, 4.69) is 25.5 Å². The lowest BCUT2D eigenvalue weighted by Crippen LogP contribution is -2.16. The van der Waals surface area contributed by atoms with Crippen molar-refractivity contribution in [2.75, 3.05) is 10.2 Å². The number of amides is 1. The number of anilines is 4. The first-order chi connectivity index (χ1) is 18.6. The predicted molar refractivity (Wildman–Crippen MR) is 137 cm³/mol. The van der Waals surface area contributed by atoms with Gasteiger partial charge in [0.2, 0.25) is 0 Å². The first-order valence-electron chi connectivity index (χ1n) is 11.4. The third-order valence-electron chi connectivity index (χ3n) is 5.92. The molecule has 2 heterocycles. The van der Waals surface area contributed by atoms with Crippen LogP contribution in [0, 0.1) is 17.0 Å². The van der Waals surface area contributed by atoms with Crippen molar-refractivity contribution < 1.29 is 22.9 Å². The molecule has 0 aliphatic rings. The second kappa shape index (κ2) is 9.85. The molecule has 2 N–H and O–H groups in total. The molecular weight excluding hydrogens is 515 g/mol. The zero-order valence-corrected chi connectivity index (χ0v) is 20.1. The number of hydrogen-bond acceptors (Lipinski definition) is 7. The van der Waals surface area contributed by atoms with Gasteiger partial charge in [0.1, 0.15) is 6.33 Å². The number of carbonyl (C=O) groups is 1. The van der Waals surface area contributed by atoms with Crippen LogP contribution >= 0.6 is 0 Å². The van der Waals surface area contributed by atoms with Gasteiger partial charge in [0.15, 0.2) is 11.5 Å². The van der Waals surface area contributed by atoms with Crippen LogP contribution in [-0.4, -0.2) is 31.0 Å². The summed E-state index contributed by atoms with van der Waals surface area (Å²) in [6.07, 6.45) is -1.71. The summed E-state index contributed by atoms with van der Waals surface area (Å²) in [6, 6.07) is 14.9. The predicted octanol–water partition coefficient (Wildman–Crippen LogP) is 6.31. The van der Waals surface area contributed by atoms with Crippen molar-refractivity contribution in [1.82, 2.24) is 20.2 Å². The third kappa shape index (κ3) is 5.09. The van der Waals surface area contributed by atoms with Crippen LogP contribution < -0.4 is 10.2 Å². The van der Waals surface area contributed by atoms with E-state index in [1.54, 1.807) is 35.2 Å². The molecule has 5 rings (SSSR count). The number of rotatable bonds is 6. The maximum absolute atomic E-state index is 13.1. The van der Waals surface area contributed by atoms with Crippen LogP contribution in [0.4, 0.5) is 41.7 Å². The van der Waals surface area contributed by atoms with Crippen LogP contribution in [0.15, 0.2) is 79.3 Å². The largest absolute Gasteiger partial charge is 0.416 e. The molecule has 0 saturated heterocycles. The Kier molecular flexibility index (Phi) is 6.40. The SMILES string of the molecule is Cc1ccc(NC(=O)c2cccc(C(F)(F)F)c2)cc1N(c1ccc([N+](=O)[O-])cc1)c1ncnc2[nH]ncc12. The second-order valence-electron chi connectivity index (χ2n) is 8.47. The van der Waals surface area contributed by atoms with Crippen molar-refractivity contribution in [2.24, 2.45) is 0 Å². The number of hydrogen-bond donors (Lipinski definition) is 2. The zero-order valence-electron chi connectivity index (χ0n) is 20.1. The van der Waals surface area contributed by atoms with Gasteiger partial charge in [-0.1, -0.05) is 12.1 Å². The molecule has 5 aromatic rings. The van der Waals surface area contributed by atoms with E-state index in [1.165, 1.54) is 36.8 Å². The number of H-pyrrole nitrogens is 1. The van der Waals surface area contributed by atoms with E-state index in [4.69, 9.17) is 0 Å². The molecule has 39 heavy (non-hydrogen) atoms. The highest BCUT2D eigenvalue weighted by Crippen LogP contribution is 2.40. The minimum atomic E-state index is -4.59. The molecule has 0 spiro atoms. The van der Waals surface area contributed by atoms with Crippen LogP contribution in [0.3, 0.4) is 0 Å². The van der Waals surface area contributed by atoms with Crippen LogP contribution in [0.25, 0.3) is 11.0 Å². The summed E-state index contributed by atoms with van der Waals surface area (Å²) < 4.78 is 39.4. The summed E-state index contributed by atoms with van der Waals surface area (Å²) >= 11 is 0. The van der Waals surface area contributed by atoms with Crippen molar-refractivity contribution in [3.05, 3.63) is 106 Å². The first kappa shape index (κ1) is 25.3. The van der Waals surface area contributed by atoms with E-state index in [0.717, 1.165) is 17.7 Å².